The summed E-state index contributed by atoms with van der Waals surface area (Å²) in [4.78, 5) is 18.3. The average Bonchev–Trinajstić information content (AvgIpc) is 2.59. The number of carbonyl (C=O) groups is 1. The molecule has 1 fully saturated rings. The molecule has 1 atom stereocenters. The topological polar surface area (TPSA) is 82.6 Å². The van der Waals surface area contributed by atoms with E-state index < -0.39 is 10.0 Å². The van der Waals surface area contributed by atoms with Crippen LogP contribution in [0, 0.1) is 5.92 Å². The summed E-state index contributed by atoms with van der Waals surface area (Å²) in [7, 11) is -3.51. The van der Waals surface area contributed by atoms with Gasteiger partial charge in [-0.15, -0.1) is 0 Å². The maximum Gasteiger partial charge on any atom is 0.244 e. The number of nitrogens with zero attached hydrogens (tertiary/aromatic N) is 3. The van der Waals surface area contributed by atoms with Crippen LogP contribution in [-0.4, -0.2) is 67.3 Å². The molecule has 0 radical (unpaired) electrons. The molecule has 1 amide bonds. The van der Waals surface area contributed by atoms with E-state index in [4.69, 9.17) is 0 Å². The molecule has 24 heavy (non-hydrogen) atoms. The van der Waals surface area contributed by atoms with E-state index in [1.807, 2.05) is 25.7 Å². The second-order valence-corrected chi connectivity index (χ2v) is 8.38. The van der Waals surface area contributed by atoms with Gasteiger partial charge in [-0.25, -0.2) is 8.42 Å². The van der Waals surface area contributed by atoms with Crippen LogP contribution in [0.2, 0.25) is 0 Å². The molecule has 8 heteroatoms. The van der Waals surface area contributed by atoms with Gasteiger partial charge in [-0.3, -0.25) is 14.7 Å². The number of nitrogens with one attached hydrogen (secondary N) is 1. The molecule has 0 saturated carbocycles. The van der Waals surface area contributed by atoms with E-state index >= 15 is 0 Å². The van der Waals surface area contributed by atoms with Crippen LogP contribution >= 0.6 is 0 Å². The molecular weight excluding hydrogens is 328 g/mol. The SMILES string of the molecule is CC(C)CNC(=O)C(C)N1CCN(S(=O)(=O)c2cccnc2)CC1. The number of sulfonamides is 1. The molecule has 0 aromatic carbocycles. The molecule has 2 rings (SSSR count). The number of aromatic nitrogens is 1. The van der Waals surface area contributed by atoms with Gasteiger partial charge in [0.15, 0.2) is 0 Å². The van der Waals surface area contributed by atoms with E-state index in [2.05, 4.69) is 10.3 Å². The predicted molar refractivity (Wildman–Crippen MR) is 91.9 cm³/mol. The summed E-state index contributed by atoms with van der Waals surface area (Å²) in [6.45, 7) is 8.43. The highest BCUT2D eigenvalue weighted by molar-refractivity contribution is 7.89. The Kier molecular flexibility index (Phi) is 6.31. The van der Waals surface area contributed by atoms with Crippen molar-refractivity contribution in [1.82, 2.24) is 19.5 Å². The first-order valence-corrected chi connectivity index (χ1v) is 9.68. The number of hydrogen-bond donors (Lipinski definition) is 1. The Balaban J connectivity index is 1.92. The molecule has 0 spiro atoms. The van der Waals surface area contributed by atoms with E-state index in [1.165, 1.54) is 10.5 Å². The van der Waals surface area contributed by atoms with Crippen molar-refractivity contribution in [2.75, 3.05) is 32.7 Å². The molecule has 0 aliphatic carbocycles. The number of piperazine rings is 1. The molecule has 1 aromatic heterocycles. The first-order chi connectivity index (χ1) is 11.3. The lowest BCUT2D eigenvalue weighted by molar-refractivity contribution is -0.126. The van der Waals surface area contributed by atoms with Gasteiger partial charge in [0, 0.05) is 45.1 Å². The van der Waals surface area contributed by atoms with Gasteiger partial charge in [0.25, 0.3) is 0 Å². The minimum atomic E-state index is -3.51. The quantitative estimate of drug-likeness (QED) is 0.807. The molecule has 2 heterocycles. The zero-order valence-electron chi connectivity index (χ0n) is 14.5. The van der Waals surface area contributed by atoms with Crippen LogP contribution in [0.15, 0.2) is 29.4 Å². The van der Waals surface area contributed by atoms with Crippen LogP contribution in [0.1, 0.15) is 20.8 Å². The minimum Gasteiger partial charge on any atom is -0.354 e. The Morgan fingerprint density at radius 3 is 2.46 bits per heavy atom. The molecule has 0 bridgehead atoms. The molecule has 1 aromatic rings. The molecular formula is C16H26N4O3S. The van der Waals surface area contributed by atoms with Gasteiger partial charge in [-0.05, 0) is 25.0 Å². The Labute approximate surface area is 144 Å². The van der Waals surface area contributed by atoms with Gasteiger partial charge in [-0.2, -0.15) is 4.31 Å². The van der Waals surface area contributed by atoms with Crippen LogP contribution in [0.4, 0.5) is 0 Å². The predicted octanol–water partition coefficient (Wildman–Crippen LogP) is 0.549. The largest absolute Gasteiger partial charge is 0.354 e. The van der Waals surface area contributed by atoms with E-state index in [0.29, 0.717) is 38.6 Å². The summed E-state index contributed by atoms with van der Waals surface area (Å²) in [5.41, 5.74) is 0. The number of carbonyl (C=O) groups excluding carboxylic acids is 1. The monoisotopic (exact) mass is 354 g/mol. The van der Waals surface area contributed by atoms with E-state index in [9.17, 15) is 13.2 Å². The normalized spacial score (nSPS) is 18.5. The van der Waals surface area contributed by atoms with Gasteiger partial charge < -0.3 is 5.32 Å². The summed E-state index contributed by atoms with van der Waals surface area (Å²) >= 11 is 0. The first-order valence-electron chi connectivity index (χ1n) is 8.24. The number of amides is 1. The van der Waals surface area contributed by atoms with Gasteiger partial charge in [-0.1, -0.05) is 13.8 Å². The van der Waals surface area contributed by atoms with Gasteiger partial charge in [0.05, 0.1) is 6.04 Å². The van der Waals surface area contributed by atoms with Crippen molar-refractivity contribution in [2.45, 2.75) is 31.7 Å². The van der Waals surface area contributed by atoms with Gasteiger partial charge >= 0.3 is 0 Å². The van der Waals surface area contributed by atoms with Crippen LogP contribution in [-0.2, 0) is 14.8 Å². The lowest BCUT2D eigenvalue weighted by Crippen LogP contribution is -2.55. The smallest absolute Gasteiger partial charge is 0.244 e. The van der Waals surface area contributed by atoms with Crippen molar-refractivity contribution >= 4 is 15.9 Å². The van der Waals surface area contributed by atoms with Crippen molar-refractivity contribution in [3.8, 4) is 0 Å². The standard InChI is InChI=1S/C16H26N4O3S/c1-13(2)11-18-16(21)14(3)19-7-9-20(10-8-19)24(22,23)15-5-4-6-17-12-15/h4-6,12-14H,7-11H2,1-3H3,(H,18,21). The van der Waals surface area contributed by atoms with Crippen LogP contribution < -0.4 is 5.32 Å². The lowest BCUT2D eigenvalue weighted by Gasteiger charge is -2.36. The second kappa shape index (κ2) is 8.04. The van der Waals surface area contributed by atoms with Gasteiger partial charge in [0.1, 0.15) is 4.90 Å². The lowest BCUT2D eigenvalue weighted by atomic mass is 10.2. The van der Waals surface area contributed by atoms with Crippen molar-refractivity contribution in [3.63, 3.8) is 0 Å². The summed E-state index contributed by atoms with van der Waals surface area (Å²) < 4.78 is 26.6. The summed E-state index contributed by atoms with van der Waals surface area (Å²) in [5, 5.41) is 2.93. The highest BCUT2D eigenvalue weighted by atomic mass is 32.2. The Morgan fingerprint density at radius 1 is 1.25 bits per heavy atom. The van der Waals surface area contributed by atoms with Crippen molar-refractivity contribution < 1.29 is 13.2 Å². The van der Waals surface area contributed by atoms with Crippen LogP contribution in [0.5, 0.6) is 0 Å². The third kappa shape index (κ3) is 4.52. The fraction of sp³-hybridized carbons (Fsp3) is 0.625. The van der Waals surface area contributed by atoms with E-state index in [0.717, 1.165) is 0 Å². The Hall–Kier alpha value is -1.51. The number of rotatable bonds is 6. The van der Waals surface area contributed by atoms with E-state index in [-0.39, 0.29) is 16.8 Å². The molecule has 1 N–H and O–H groups in total. The molecule has 1 aliphatic heterocycles. The maximum absolute atomic E-state index is 12.6. The third-order valence-electron chi connectivity index (χ3n) is 4.16. The Bertz CT molecular complexity index is 641. The first kappa shape index (κ1) is 18.8. The number of hydrogen-bond acceptors (Lipinski definition) is 5. The molecule has 1 saturated heterocycles. The summed E-state index contributed by atoms with van der Waals surface area (Å²) in [6.07, 6.45) is 2.91. The second-order valence-electron chi connectivity index (χ2n) is 6.44. The number of pyridine rings is 1. The van der Waals surface area contributed by atoms with E-state index in [1.54, 1.807) is 18.3 Å². The highest BCUT2D eigenvalue weighted by Gasteiger charge is 2.31. The van der Waals surface area contributed by atoms with Crippen molar-refractivity contribution in [3.05, 3.63) is 24.5 Å². The molecule has 134 valence electrons. The molecule has 7 nitrogen and oxygen atoms in total. The fourth-order valence-electron chi connectivity index (χ4n) is 2.60. The zero-order chi connectivity index (χ0) is 17.7. The van der Waals surface area contributed by atoms with Crippen LogP contribution in [0.25, 0.3) is 0 Å². The third-order valence-corrected chi connectivity index (χ3v) is 6.04. The molecule has 1 aliphatic rings. The highest BCUT2D eigenvalue weighted by Crippen LogP contribution is 2.17. The summed E-state index contributed by atoms with van der Waals surface area (Å²) in [5.74, 6) is 0.398. The van der Waals surface area contributed by atoms with Crippen LogP contribution in [0.3, 0.4) is 0 Å². The fourth-order valence-corrected chi connectivity index (χ4v) is 3.98. The van der Waals surface area contributed by atoms with Gasteiger partial charge in [0.2, 0.25) is 15.9 Å². The Morgan fingerprint density at radius 2 is 1.92 bits per heavy atom. The maximum atomic E-state index is 12.6. The van der Waals surface area contributed by atoms with Crippen molar-refractivity contribution in [1.29, 1.82) is 0 Å². The summed E-state index contributed by atoms with van der Waals surface area (Å²) in [6, 6.07) is 2.91. The zero-order valence-corrected chi connectivity index (χ0v) is 15.3. The average molecular weight is 354 g/mol. The molecule has 1 unspecified atom stereocenters. The van der Waals surface area contributed by atoms with Crippen molar-refractivity contribution in [2.24, 2.45) is 5.92 Å². The minimum absolute atomic E-state index is 0.00716.